The average molecular weight is 464 g/mol. The summed E-state index contributed by atoms with van der Waals surface area (Å²) in [6.07, 6.45) is 0.923. The molecule has 1 heterocycles. The molecule has 1 unspecified atom stereocenters. The van der Waals surface area contributed by atoms with Gasteiger partial charge in [-0.15, -0.1) is 23.2 Å². The van der Waals surface area contributed by atoms with Crippen LogP contribution in [0.1, 0.15) is 40.5 Å². The van der Waals surface area contributed by atoms with Crippen LogP contribution < -0.4 is 9.72 Å². The van der Waals surface area contributed by atoms with Crippen LogP contribution in [0.2, 0.25) is 0 Å². The van der Waals surface area contributed by atoms with E-state index in [-0.39, 0.29) is 11.8 Å². The lowest BCUT2D eigenvalue weighted by atomic mass is 9.81. The van der Waals surface area contributed by atoms with E-state index in [4.69, 9.17) is 27.7 Å². The van der Waals surface area contributed by atoms with E-state index in [1.54, 1.807) is 28.9 Å². The molecule has 1 aromatic carbocycles. The van der Waals surface area contributed by atoms with Crippen molar-refractivity contribution in [3.63, 3.8) is 0 Å². The zero-order valence-electron chi connectivity index (χ0n) is 17.4. The molecule has 10 heteroatoms. The molecule has 0 amide bonds. The minimum atomic E-state index is -3.61. The summed E-state index contributed by atoms with van der Waals surface area (Å²) < 4.78 is 22.4. The zero-order chi connectivity index (χ0) is 21.7. The number of nitrogens with zero attached hydrogens (tertiary/aromatic N) is 3. The van der Waals surface area contributed by atoms with E-state index in [0.717, 1.165) is 10.5 Å². The maximum atomic E-state index is 13.8. The predicted octanol–water partition coefficient (Wildman–Crippen LogP) is 5.03. The van der Waals surface area contributed by atoms with Gasteiger partial charge in [0.15, 0.2) is 0 Å². The molecular weight excluding hydrogens is 434 g/mol. The van der Waals surface area contributed by atoms with Crippen LogP contribution in [-0.2, 0) is 4.57 Å². The Balaban J connectivity index is 2.33. The summed E-state index contributed by atoms with van der Waals surface area (Å²) in [5.74, 6) is 0.984. The van der Waals surface area contributed by atoms with E-state index in [2.05, 4.69) is 10.3 Å². The van der Waals surface area contributed by atoms with Crippen molar-refractivity contribution in [1.29, 1.82) is 0 Å². The van der Waals surface area contributed by atoms with Crippen molar-refractivity contribution in [2.75, 3.05) is 24.8 Å². The minimum absolute atomic E-state index is 0.266. The van der Waals surface area contributed by atoms with Gasteiger partial charge < -0.3 is 4.52 Å². The van der Waals surface area contributed by atoms with Gasteiger partial charge in [0.1, 0.15) is 5.75 Å². The number of para-hydroxylation sites is 1. The summed E-state index contributed by atoms with van der Waals surface area (Å²) in [4.78, 5) is 12.6. The Morgan fingerprint density at radius 1 is 1.10 bits per heavy atom. The van der Waals surface area contributed by atoms with Gasteiger partial charge in [0.25, 0.3) is 0 Å². The van der Waals surface area contributed by atoms with Gasteiger partial charge in [0.2, 0.25) is 11.1 Å². The minimum Gasteiger partial charge on any atom is -0.417 e. The molecule has 1 N–H and O–H groups in total. The Labute approximate surface area is 182 Å². The lowest BCUT2D eigenvalue weighted by molar-refractivity contribution is -0.683. The topological polar surface area (TPSA) is 74.0 Å². The fourth-order valence-corrected chi connectivity index (χ4v) is 5.90. The first kappa shape index (κ1) is 24.1. The normalized spacial score (nSPS) is 20.2. The van der Waals surface area contributed by atoms with Crippen molar-refractivity contribution < 1.29 is 13.8 Å². The van der Waals surface area contributed by atoms with Crippen LogP contribution in [0.5, 0.6) is 5.75 Å². The second kappa shape index (κ2) is 9.78. The molecule has 0 spiro atoms. The number of piperidine rings is 1. The average Bonchev–Trinajstić information content (AvgIpc) is 2.65. The monoisotopic (exact) mass is 463 g/mol. The van der Waals surface area contributed by atoms with Crippen molar-refractivity contribution in [2.45, 2.75) is 51.6 Å². The molecule has 0 radical (unpaired) electrons. The van der Waals surface area contributed by atoms with Crippen LogP contribution in [0, 0.1) is 4.91 Å². The molecule has 1 aliphatic rings. The fourth-order valence-electron chi connectivity index (χ4n) is 3.57. The Morgan fingerprint density at radius 3 is 2.10 bits per heavy atom. The third-order valence-corrected chi connectivity index (χ3v) is 7.03. The fraction of sp³-hybridized carbons (Fsp3) is 0.632. The highest BCUT2D eigenvalue weighted by atomic mass is 35.5. The van der Waals surface area contributed by atoms with Crippen molar-refractivity contribution in [1.82, 2.24) is 9.87 Å². The highest BCUT2D eigenvalue weighted by Crippen LogP contribution is 2.47. The molecule has 1 saturated heterocycles. The lowest BCUT2D eigenvalue weighted by Crippen LogP contribution is -2.54. The Kier molecular flexibility index (Phi) is 8.14. The van der Waals surface area contributed by atoms with Crippen molar-refractivity contribution >= 4 is 36.6 Å². The number of rotatable bonds is 9. The molecule has 1 aliphatic heterocycles. The third-order valence-electron chi connectivity index (χ3n) is 4.74. The molecule has 0 bridgehead atoms. The Hall–Kier alpha value is -1.14. The quantitative estimate of drug-likeness (QED) is 0.240. The van der Waals surface area contributed by atoms with E-state index >= 15 is 0 Å². The number of hydrogen-bond acceptors (Lipinski definition) is 4. The first-order valence-corrected chi connectivity index (χ1v) is 12.2. The highest BCUT2D eigenvalue weighted by Gasteiger charge is 2.52. The first-order valence-electron chi connectivity index (χ1n) is 9.56. The number of nitrogens with one attached hydrogen (secondary N) is 1. The van der Waals surface area contributed by atoms with Gasteiger partial charge in [-0.1, -0.05) is 18.2 Å². The van der Waals surface area contributed by atoms with Crippen LogP contribution >= 0.6 is 30.9 Å². The number of alkyl halides is 2. The Bertz CT molecular complexity index is 759. The molecule has 0 saturated carbocycles. The van der Waals surface area contributed by atoms with Gasteiger partial charge in [0, 0.05) is 62.2 Å². The summed E-state index contributed by atoms with van der Waals surface area (Å²) in [5.41, 5.74) is -0.461. The summed E-state index contributed by atoms with van der Waals surface area (Å²) >= 11 is 11.8. The first-order chi connectivity index (χ1) is 13.5. The van der Waals surface area contributed by atoms with Crippen LogP contribution in [0.25, 0.3) is 0 Å². The van der Waals surface area contributed by atoms with Gasteiger partial charge in [0.05, 0.1) is 18.6 Å². The largest absolute Gasteiger partial charge is 0.435 e. The smallest absolute Gasteiger partial charge is 0.417 e. The molecule has 29 heavy (non-hydrogen) atoms. The van der Waals surface area contributed by atoms with E-state index in [0.29, 0.717) is 31.7 Å². The van der Waals surface area contributed by atoms with Crippen molar-refractivity contribution in [3.8, 4) is 5.75 Å². The predicted molar refractivity (Wildman–Crippen MR) is 119 cm³/mol. The molecule has 2 rings (SSSR count). The molecule has 7 nitrogen and oxygen atoms in total. The second-order valence-corrected chi connectivity index (χ2v) is 11.1. The standard InChI is InChI=1S/C19H30Cl2N4O3P/c1-18(2)14-16(15-19(3,4)25(18)26)22-23-29(27,24(12-10-20)13-11-21)28-17-8-6-5-7-9-17/h5-9H,10-15H2,1-4H3,(H,23,27)/q+1. The van der Waals surface area contributed by atoms with Crippen molar-refractivity contribution in [3.05, 3.63) is 35.2 Å². The van der Waals surface area contributed by atoms with Crippen LogP contribution in [-0.4, -0.2) is 51.1 Å². The summed E-state index contributed by atoms with van der Waals surface area (Å²) in [5, 5.41) is 7.23. The van der Waals surface area contributed by atoms with Gasteiger partial charge in [-0.2, -0.15) is 5.10 Å². The molecule has 1 aromatic rings. The van der Waals surface area contributed by atoms with Crippen LogP contribution in [0.3, 0.4) is 0 Å². The van der Waals surface area contributed by atoms with E-state index in [1.807, 2.05) is 33.8 Å². The second-order valence-electron chi connectivity index (χ2n) is 8.31. The SMILES string of the molecule is CC1(C)CC(=NNP(=O)(Oc2ccccc2)N(CCCl)CCCl)CC(C)(C)[N+]1=O. The maximum Gasteiger partial charge on any atom is 0.435 e. The molecular formula is C19H30Cl2N4O3P+. The van der Waals surface area contributed by atoms with E-state index in [9.17, 15) is 9.47 Å². The van der Waals surface area contributed by atoms with Gasteiger partial charge >= 0.3 is 7.67 Å². The van der Waals surface area contributed by atoms with Gasteiger partial charge in [-0.3, -0.25) is 0 Å². The van der Waals surface area contributed by atoms with Crippen LogP contribution in [0.15, 0.2) is 35.4 Å². The zero-order valence-corrected chi connectivity index (χ0v) is 19.8. The number of hydrazone groups is 1. The van der Waals surface area contributed by atoms with E-state index in [1.165, 1.54) is 0 Å². The lowest BCUT2D eigenvalue weighted by Gasteiger charge is -2.33. The summed E-state index contributed by atoms with van der Waals surface area (Å²) in [6, 6.07) is 8.90. The molecule has 0 aromatic heterocycles. The van der Waals surface area contributed by atoms with Gasteiger partial charge in [-0.05, 0) is 12.1 Å². The number of benzene rings is 1. The van der Waals surface area contributed by atoms with Gasteiger partial charge in [-0.25, -0.2) is 14.4 Å². The number of hydrogen-bond donors (Lipinski definition) is 1. The van der Waals surface area contributed by atoms with Crippen LogP contribution in [0.4, 0.5) is 0 Å². The third kappa shape index (κ3) is 6.17. The molecule has 0 aliphatic carbocycles. The molecule has 1 atom stereocenters. The van der Waals surface area contributed by atoms with E-state index < -0.39 is 18.7 Å². The number of halogens is 2. The highest BCUT2D eigenvalue weighted by molar-refractivity contribution is 7.54. The van der Waals surface area contributed by atoms with Crippen molar-refractivity contribution in [2.24, 2.45) is 5.10 Å². The molecule has 162 valence electrons. The maximum absolute atomic E-state index is 13.8. The summed E-state index contributed by atoms with van der Waals surface area (Å²) in [6.45, 7) is 8.16. The number of nitroso groups, excluding NO2 is 1. The summed E-state index contributed by atoms with van der Waals surface area (Å²) in [7, 11) is -3.61. The Morgan fingerprint density at radius 2 is 1.62 bits per heavy atom. The molecule has 1 fully saturated rings.